The largest absolute Gasteiger partial charge is 0.349 e. The monoisotopic (exact) mass is 169 g/mol. The van der Waals surface area contributed by atoms with Gasteiger partial charge >= 0.3 is 0 Å². The topological polar surface area (TPSA) is 20.3 Å². The summed E-state index contributed by atoms with van der Waals surface area (Å²) in [7, 11) is 3.59. The van der Waals surface area contributed by atoms with Crippen LogP contribution >= 0.6 is 0 Å². The Balaban J connectivity index is 3.45. The van der Waals surface area contributed by atoms with E-state index in [0.29, 0.717) is 6.42 Å². The van der Waals surface area contributed by atoms with Gasteiger partial charge in [-0.15, -0.1) is 0 Å². The molecule has 0 aromatic carbocycles. The van der Waals surface area contributed by atoms with E-state index in [1.54, 1.807) is 19.0 Å². The summed E-state index contributed by atoms with van der Waals surface area (Å²) >= 11 is 0. The first kappa shape index (κ1) is 11.2. The number of unbranched alkanes of at least 4 members (excludes halogenated alkanes) is 1. The molecule has 0 spiro atoms. The van der Waals surface area contributed by atoms with Gasteiger partial charge < -0.3 is 4.90 Å². The third kappa shape index (κ3) is 5.96. The minimum absolute atomic E-state index is 0.220. The van der Waals surface area contributed by atoms with Crippen molar-refractivity contribution in [3.63, 3.8) is 0 Å². The quantitative estimate of drug-likeness (QED) is 0.467. The normalized spacial score (nSPS) is 9.33. The molecule has 12 heavy (non-hydrogen) atoms. The lowest BCUT2D eigenvalue weighted by molar-refractivity contribution is -0.128. The Labute approximate surface area is 75.3 Å². The second-order valence-electron chi connectivity index (χ2n) is 3.46. The molecule has 0 fully saturated rings. The van der Waals surface area contributed by atoms with Crippen molar-refractivity contribution in [2.75, 3.05) is 14.1 Å². The number of hydrogen-bond acceptors (Lipinski definition) is 1. The summed E-state index contributed by atoms with van der Waals surface area (Å²) in [5, 5.41) is 0. The second kappa shape index (κ2) is 5.81. The highest BCUT2D eigenvalue weighted by Gasteiger charge is 2.01. The van der Waals surface area contributed by atoms with Gasteiger partial charge in [0.1, 0.15) is 0 Å². The predicted molar refractivity (Wildman–Crippen MR) is 52.0 cm³/mol. The van der Waals surface area contributed by atoms with E-state index in [9.17, 15) is 4.79 Å². The first-order valence-corrected chi connectivity index (χ1v) is 4.37. The molecule has 0 heterocycles. The van der Waals surface area contributed by atoms with Crippen LogP contribution in [-0.2, 0) is 4.79 Å². The molecule has 0 N–H and O–H groups in total. The van der Waals surface area contributed by atoms with Crippen LogP contribution < -0.4 is 0 Å². The van der Waals surface area contributed by atoms with Crippen molar-refractivity contribution in [1.29, 1.82) is 0 Å². The Morgan fingerprint density at radius 1 is 1.33 bits per heavy atom. The fraction of sp³-hybridized carbons (Fsp3) is 0.700. The standard InChI is InChI=1S/C10H19NO/c1-9(2)7-5-6-8-10(12)11(3)4/h7H,5-6,8H2,1-4H3. The summed E-state index contributed by atoms with van der Waals surface area (Å²) in [6.45, 7) is 4.15. The molecule has 1 amide bonds. The summed E-state index contributed by atoms with van der Waals surface area (Å²) in [5.41, 5.74) is 1.33. The van der Waals surface area contributed by atoms with Crippen LogP contribution in [-0.4, -0.2) is 24.9 Å². The second-order valence-corrected chi connectivity index (χ2v) is 3.46. The number of nitrogens with zero attached hydrogens (tertiary/aromatic N) is 1. The molecule has 0 atom stereocenters. The molecule has 0 aromatic rings. The van der Waals surface area contributed by atoms with Gasteiger partial charge in [0.15, 0.2) is 0 Å². The minimum Gasteiger partial charge on any atom is -0.349 e. The van der Waals surface area contributed by atoms with Crippen molar-refractivity contribution in [3.05, 3.63) is 11.6 Å². The van der Waals surface area contributed by atoms with Gasteiger partial charge in [-0.1, -0.05) is 11.6 Å². The van der Waals surface area contributed by atoms with Crippen LogP contribution in [0.2, 0.25) is 0 Å². The van der Waals surface area contributed by atoms with Crippen LogP contribution in [0.3, 0.4) is 0 Å². The fourth-order valence-electron chi connectivity index (χ4n) is 0.868. The molecular weight excluding hydrogens is 150 g/mol. The van der Waals surface area contributed by atoms with E-state index in [1.165, 1.54) is 5.57 Å². The molecule has 0 bridgehead atoms. The molecule has 2 nitrogen and oxygen atoms in total. The zero-order valence-corrected chi connectivity index (χ0v) is 8.55. The first-order valence-electron chi connectivity index (χ1n) is 4.37. The van der Waals surface area contributed by atoms with Gasteiger partial charge in [-0.05, 0) is 26.7 Å². The maximum absolute atomic E-state index is 11.1. The summed E-state index contributed by atoms with van der Waals surface area (Å²) in [4.78, 5) is 12.7. The third-order valence-electron chi connectivity index (χ3n) is 1.65. The zero-order chi connectivity index (χ0) is 9.56. The molecule has 0 saturated heterocycles. The van der Waals surface area contributed by atoms with E-state index in [2.05, 4.69) is 19.9 Å². The van der Waals surface area contributed by atoms with Crippen molar-refractivity contribution in [2.24, 2.45) is 0 Å². The average Bonchev–Trinajstić information content (AvgIpc) is 1.97. The molecule has 0 saturated carbocycles. The Morgan fingerprint density at radius 2 is 1.92 bits per heavy atom. The summed E-state index contributed by atoms with van der Waals surface area (Å²) in [6, 6.07) is 0. The van der Waals surface area contributed by atoms with Gasteiger partial charge in [-0.3, -0.25) is 4.79 Å². The van der Waals surface area contributed by atoms with Gasteiger partial charge in [0.05, 0.1) is 0 Å². The summed E-state index contributed by atoms with van der Waals surface area (Å²) in [5.74, 6) is 0.220. The lowest BCUT2D eigenvalue weighted by Gasteiger charge is -2.08. The molecule has 70 valence electrons. The number of hydrogen-bond donors (Lipinski definition) is 0. The van der Waals surface area contributed by atoms with Crippen LogP contribution in [0, 0.1) is 0 Å². The number of carbonyl (C=O) groups is 1. The Bertz CT molecular complexity index is 167. The maximum Gasteiger partial charge on any atom is 0.222 e. The first-order chi connectivity index (χ1) is 5.54. The number of amides is 1. The number of rotatable bonds is 4. The third-order valence-corrected chi connectivity index (χ3v) is 1.65. The molecule has 0 unspecified atom stereocenters. The molecule has 0 rings (SSSR count). The van der Waals surface area contributed by atoms with Crippen molar-refractivity contribution in [1.82, 2.24) is 4.90 Å². The van der Waals surface area contributed by atoms with Crippen molar-refractivity contribution in [3.8, 4) is 0 Å². The SMILES string of the molecule is CC(C)=CCCCC(=O)N(C)C. The van der Waals surface area contributed by atoms with Crippen molar-refractivity contribution < 1.29 is 4.79 Å². The van der Waals surface area contributed by atoms with E-state index in [1.807, 2.05) is 0 Å². The van der Waals surface area contributed by atoms with Gasteiger partial charge in [0, 0.05) is 20.5 Å². The molecule has 0 aliphatic heterocycles. The van der Waals surface area contributed by atoms with E-state index >= 15 is 0 Å². The summed E-state index contributed by atoms with van der Waals surface area (Å²) < 4.78 is 0. The highest BCUT2D eigenvalue weighted by Crippen LogP contribution is 2.01. The lowest BCUT2D eigenvalue weighted by atomic mass is 10.2. The Morgan fingerprint density at radius 3 is 2.33 bits per heavy atom. The molecule has 0 aliphatic rings. The molecular formula is C10H19NO. The van der Waals surface area contributed by atoms with Crippen LogP contribution in [0.25, 0.3) is 0 Å². The van der Waals surface area contributed by atoms with E-state index in [0.717, 1.165) is 12.8 Å². The highest BCUT2D eigenvalue weighted by molar-refractivity contribution is 5.75. The van der Waals surface area contributed by atoms with Crippen LogP contribution in [0.1, 0.15) is 33.1 Å². The van der Waals surface area contributed by atoms with Crippen LogP contribution in [0.5, 0.6) is 0 Å². The van der Waals surface area contributed by atoms with Crippen molar-refractivity contribution >= 4 is 5.91 Å². The Kier molecular flexibility index (Phi) is 5.43. The van der Waals surface area contributed by atoms with Gasteiger partial charge in [0.25, 0.3) is 0 Å². The van der Waals surface area contributed by atoms with E-state index in [4.69, 9.17) is 0 Å². The molecule has 0 aliphatic carbocycles. The summed E-state index contributed by atoms with van der Waals surface area (Å²) in [6.07, 6.45) is 4.81. The van der Waals surface area contributed by atoms with Crippen molar-refractivity contribution in [2.45, 2.75) is 33.1 Å². The van der Waals surface area contributed by atoms with E-state index in [-0.39, 0.29) is 5.91 Å². The molecule has 2 heteroatoms. The Hall–Kier alpha value is -0.790. The van der Waals surface area contributed by atoms with Crippen LogP contribution in [0.4, 0.5) is 0 Å². The lowest BCUT2D eigenvalue weighted by Crippen LogP contribution is -2.20. The number of carbonyl (C=O) groups excluding carboxylic acids is 1. The molecule has 0 aromatic heterocycles. The van der Waals surface area contributed by atoms with Gasteiger partial charge in [0.2, 0.25) is 5.91 Å². The average molecular weight is 169 g/mol. The zero-order valence-electron chi connectivity index (χ0n) is 8.55. The predicted octanol–water partition coefficient (Wildman–Crippen LogP) is 2.21. The molecule has 0 radical (unpaired) electrons. The van der Waals surface area contributed by atoms with E-state index < -0.39 is 0 Å². The number of allylic oxidation sites excluding steroid dienone is 2. The maximum atomic E-state index is 11.1. The van der Waals surface area contributed by atoms with Gasteiger partial charge in [-0.25, -0.2) is 0 Å². The van der Waals surface area contributed by atoms with Gasteiger partial charge in [-0.2, -0.15) is 0 Å². The van der Waals surface area contributed by atoms with Crippen LogP contribution in [0.15, 0.2) is 11.6 Å². The fourth-order valence-corrected chi connectivity index (χ4v) is 0.868. The highest BCUT2D eigenvalue weighted by atomic mass is 16.2. The minimum atomic E-state index is 0.220. The smallest absolute Gasteiger partial charge is 0.222 e.